The fourth-order valence-electron chi connectivity index (χ4n) is 13.7. The molecule has 0 aromatic heterocycles. The third kappa shape index (κ3) is 6.30. The van der Waals surface area contributed by atoms with E-state index in [4.69, 9.17) is 0 Å². The zero-order chi connectivity index (χ0) is 48.4. The second-order valence-corrected chi connectivity index (χ2v) is 29.7. The Balaban J connectivity index is 1.15. The van der Waals surface area contributed by atoms with Gasteiger partial charge < -0.3 is 14.7 Å². The van der Waals surface area contributed by atoms with E-state index in [0.717, 1.165) is 6.42 Å². The highest BCUT2D eigenvalue weighted by atomic mass is 28.3. The second kappa shape index (κ2) is 14.6. The van der Waals surface area contributed by atoms with Gasteiger partial charge in [-0.05, 0) is 140 Å². The molecule has 348 valence electrons. The van der Waals surface area contributed by atoms with Crippen LogP contribution in [-0.4, -0.2) is 20.3 Å². The minimum Gasteiger partial charge on any atom is -0.334 e. The van der Waals surface area contributed by atoms with Gasteiger partial charge in [0.1, 0.15) is 8.07 Å². The van der Waals surface area contributed by atoms with Crippen molar-refractivity contribution in [3.63, 3.8) is 0 Å². The Morgan fingerprint density at radius 3 is 1.41 bits per heavy atom. The summed E-state index contributed by atoms with van der Waals surface area (Å²) in [4.78, 5) is 8.15. The van der Waals surface area contributed by atoms with Crippen LogP contribution in [0.1, 0.15) is 124 Å². The molecule has 1 aliphatic carbocycles. The summed E-state index contributed by atoms with van der Waals surface area (Å²) in [5, 5.41) is 3.13. The molecule has 0 bridgehead atoms. The molecule has 12 rings (SSSR count). The van der Waals surface area contributed by atoms with Gasteiger partial charge in [-0.15, -0.1) is 0 Å². The molecule has 0 spiro atoms. The summed E-state index contributed by atoms with van der Waals surface area (Å²) >= 11 is 0. The lowest BCUT2D eigenvalue weighted by Crippen LogP contribution is -2.79. The summed E-state index contributed by atoms with van der Waals surface area (Å²) < 4.78 is 0. The molecule has 7 aromatic rings. The van der Waals surface area contributed by atoms with Crippen molar-refractivity contribution in [2.75, 3.05) is 14.7 Å². The number of nitrogens with zero attached hydrogens (tertiary/aromatic N) is 3. The topological polar surface area (TPSA) is 9.72 Å². The molecule has 3 nitrogen and oxygen atoms in total. The maximum atomic E-state index is 2.82. The molecule has 5 aliphatic rings. The van der Waals surface area contributed by atoms with Crippen molar-refractivity contribution in [1.29, 1.82) is 0 Å². The van der Waals surface area contributed by atoms with Gasteiger partial charge in [-0.1, -0.05) is 190 Å². The van der Waals surface area contributed by atoms with Gasteiger partial charge in [0.2, 0.25) is 0 Å². The predicted octanol–water partition coefficient (Wildman–Crippen LogP) is 14.2. The van der Waals surface area contributed by atoms with Gasteiger partial charge in [-0.25, -0.2) is 0 Å². The number of hydrogen-bond acceptors (Lipinski definition) is 3. The quantitative estimate of drug-likeness (QED) is 0.163. The fourth-order valence-corrected chi connectivity index (χ4v) is 16.9. The zero-order valence-corrected chi connectivity index (χ0v) is 44.5. The SMILES string of the molecule is CC(C)(C)c1ccc(-c2ccc(N3c4cc(N5c6ccc(C(C)(C)C)cc6C6(C)CCCCC56C)cc5c4B4c6c3cccc6[Si](C)(C)c3cccc(c34)N5c3ccc(C(C)(C)C)cc3)cc2)cc1. The lowest BCUT2D eigenvalue weighted by molar-refractivity contribution is 0.195. The fraction of sp³-hybridized carbons (Fsp3) is 0.344. The molecule has 1 fully saturated rings. The van der Waals surface area contributed by atoms with E-state index < -0.39 is 8.07 Å². The normalized spacial score (nSPS) is 20.7. The summed E-state index contributed by atoms with van der Waals surface area (Å²) in [6.07, 6.45) is 4.83. The van der Waals surface area contributed by atoms with E-state index in [0.29, 0.717) is 0 Å². The standard InChI is InChI=1S/C64H70BN3Si/c1-60(2,3)43-26-22-41(23-27-43)42-24-31-46(32-25-42)66-51-18-16-20-55-58(51)65-57-53(66)39-48(68-50-35-30-45(62(7,8)9)38-49(50)63(10)36-14-15-37-64(63,68)11)40-54(57)67(47-33-28-44(29-34-47)61(4,5)6)52-19-17-21-56(59(52)65)69(55,12)13/h16-35,38-40H,14-15,36-37H2,1-13H3. The van der Waals surface area contributed by atoms with Gasteiger partial charge >= 0.3 is 0 Å². The number of benzene rings is 7. The summed E-state index contributed by atoms with van der Waals surface area (Å²) in [6, 6.07) is 55.5. The smallest absolute Gasteiger partial charge is 0.251 e. The van der Waals surface area contributed by atoms with Crippen LogP contribution in [0.5, 0.6) is 0 Å². The molecule has 1 saturated carbocycles. The van der Waals surface area contributed by atoms with Gasteiger partial charge in [0.25, 0.3) is 6.71 Å². The van der Waals surface area contributed by atoms with Crippen molar-refractivity contribution in [1.82, 2.24) is 0 Å². The summed E-state index contributed by atoms with van der Waals surface area (Å²) in [7, 11) is -2.17. The summed E-state index contributed by atoms with van der Waals surface area (Å²) in [6.45, 7) is 31.4. The highest BCUT2D eigenvalue weighted by Crippen LogP contribution is 2.62. The average molecular weight is 920 g/mol. The molecule has 4 aliphatic heterocycles. The lowest BCUT2D eigenvalue weighted by Gasteiger charge is -2.52. The van der Waals surface area contributed by atoms with E-state index in [-0.39, 0.29) is 33.9 Å². The molecule has 2 atom stereocenters. The molecule has 5 heteroatoms. The zero-order valence-electron chi connectivity index (χ0n) is 43.5. The molecular formula is C64H70BN3Si. The Labute approximate surface area is 414 Å². The maximum absolute atomic E-state index is 2.82. The van der Waals surface area contributed by atoms with Crippen LogP contribution < -0.4 is 41.5 Å². The molecule has 4 heterocycles. The first-order chi connectivity index (χ1) is 32.6. The molecule has 69 heavy (non-hydrogen) atoms. The van der Waals surface area contributed by atoms with Crippen molar-refractivity contribution >= 4 is 87.0 Å². The van der Waals surface area contributed by atoms with Crippen LogP contribution in [-0.2, 0) is 21.7 Å². The van der Waals surface area contributed by atoms with Gasteiger partial charge in [0, 0.05) is 50.9 Å². The lowest BCUT2D eigenvalue weighted by atomic mass is 9.33. The molecular weight excluding hydrogens is 850 g/mol. The van der Waals surface area contributed by atoms with Crippen LogP contribution in [0.25, 0.3) is 11.1 Å². The van der Waals surface area contributed by atoms with Gasteiger partial charge in [-0.2, -0.15) is 0 Å². The third-order valence-corrected chi connectivity index (χ3v) is 21.5. The highest BCUT2D eigenvalue weighted by Gasteiger charge is 2.59. The Morgan fingerprint density at radius 1 is 0.449 bits per heavy atom. The first-order valence-corrected chi connectivity index (χ1v) is 28.9. The van der Waals surface area contributed by atoms with Crippen molar-refractivity contribution in [2.45, 2.75) is 142 Å². The molecule has 0 N–H and O–H groups in total. The first-order valence-electron chi connectivity index (χ1n) is 25.9. The van der Waals surface area contributed by atoms with Crippen LogP contribution in [0.4, 0.5) is 45.5 Å². The Bertz CT molecular complexity index is 3240. The predicted molar refractivity (Wildman–Crippen MR) is 302 cm³/mol. The number of anilines is 8. The van der Waals surface area contributed by atoms with Crippen LogP contribution in [0.3, 0.4) is 0 Å². The van der Waals surface area contributed by atoms with Gasteiger partial charge in [0.05, 0.1) is 5.54 Å². The maximum Gasteiger partial charge on any atom is 0.251 e. The van der Waals surface area contributed by atoms with Crippen molar-refractivity contribution in [2.24, 2.45) is 0 Å². The van der Waals surface area contributed by atoms with Crippen molar-refractivity contribution in [3.05, 3.63) is 162 Å². The van der Waals surface area contributed by atoms with Gasteiger partial charge in [0.15, 0.2) is 0 Å². The van der Waals surface area contributed by atoms with Gasteiger partial charge in [-0.3, -0.25) is 0 Å². The van der Waals surface area contributed by atoms with Crippen LogP contribution in [0, 0.1) is 0 Å². The minimum absolute atomic E-state index is 0.000631. The van der Waals surface area contributed by atoms with Crippen molar-refractivity contribution in [3.8, 4) is 11.1 Å². The second-order valence-electron chi connectivity index (χ2n) is 25.4. The van der Waals surface area contributed by atoms with E-state index in [1.54, 1.807) is 10.4 Å². The summed E-state index contributed by atoms with van der Waals surface area (Å²) in [5.74, 6) is 0. The van der Waals surface area contributed by atoms with E-state index in [1.807, 2.05) is 0 Å². The first kappa shape index (κ1) is 44.4. The number of rotatable bonds is 4. The summed E-state index contributed by atoms with van der Waals surface area (Å²) in [5.41, 5.74) is 23.0. The Hall–Kier alpha value is -5.78. The van der Waals surface area contributed by atoms with E-state index >= 15 is 0 Å². The molecule has 0 amide bonds. The van der Waals surface area contributed by atoms with Crippen LogP contribution >= 0.6 is 0 Å². The number of hydrogen-bond donors (Lipinski definition) is 0. The largest absolute Gasteiger partial charge is 0.334 e. The molecule has 7 aromatic carbocycles. The average Bonchev–Trinajstić information content (AvgIpc) is 3.52. The van der Waals surface area contributed by atoms with Crippen LogP contribution in [0.2, 0.25) is 13.1 Å². The van der Waals surface area contributed by atoms with E-state index in [1.165, 1.54) is 115 Å². The van der Waals surface area contributed by atoms with Crippen molar-refractivity contribution < 1.29 is 0 Å². The monoisotopic (exact) mass is 920 g/mol. The molecule has 0 saturated heterocycles. The minimum atomic E-state index is -2.17. The van der Waals surface area contributed by atoms with E-state index in [2.05, 4.69) is 243 Å². The molecule has 0 radical (unpaired) electrons. The highest BCUT2D eigenvalue weighted by molar-refractivity contribution is 7.16. The Kier molecular flexibility index (Phi) is 9.43. The molecule has 2 unspecified atom stereocenters. The number of fused-ring (bicyclic) bond motifs is 3. The Morgan fingerprint density at radius 2 is 0.899 bits per heavy atom. The van der Waals surface area contributed by atoms with Crippen LogP contribution in [0.15, 0.2) is 140 Å². The third-order valence-electron chi connectivity index (χ3n) is 17.9. The van der Waals surface area contributed by atoms with E-state index in [9.17, 15) is 0 Å².